The molecular weight excluding hydrogens is 344 g/mol. The van der Waals surface area contributed by atoms with Gasteiger partial charge in [-0.25, -0.2) is 13.6 Å². The molecule has 0 heterocycles. The van der Waals surface area contributed by atoms with Crippen molar-refractivity contribution in [2.24, 2.45) is 5.14 Å². The SMILES string of the molecule is CC(NC1c2ccccc2-c2ccccc21)c1ccc(S(N)(=O)=O)cc1. The summed E-state index contributed by atoms with van der Waals surface area (Å²) in [5, 5.41) is 8.86. The number of primary sulfonamides is 1. The van der Waals surface area contributed by atoms with Gasteiger partial charge in [0.2, 0.25) is 10.0 Å². The van der Waals surface area contributed by atoms with Crippen molar-refractivity contribution in [1.29, 1.82) is 0 Å². The summed E-state index contributed by atoms with van der Waals surface area (Å²) in [6.07, 6.45) is 0. The van der Waals surface area contributed by atoms with Crippen molar-refractivity contribution in [2.45, 2.75) is 23.9 Å². The molecule has 0 aliphatic heterocycles. The van der Waals surface area contributed by atoms with E-state index in [4.69, 9.17) is 5.14 Å². The van der Waals surface area contributed by atoms with Crippen molar-refractivity contribution < 1.29 is 8.42 Å². The average molecular weight is 364 g/mol. The fraction of sp³-hybridized carbons (Fsp3) is 0.143. The number of rotatable bonds is 4. The minimum absolute atomic E-state index is 0.0498. The predicted molar refractivity (Wildman–Crippen MR) is 103 cm³/mol. The number of hydrogen-bond donors (Lipinski definition) is 2. The Morgan fingerprint density at radius 3 is 1.85 bits per heavy atom. The van der Waals surface area contributed by atoms with Gasteiger partial charge in [-0.05, 0) is 46.9 Å². The lowest BCUT2D eigenvalue weighted by Gasteiger charge is -2.22. The Balaban J connectivity index is 1.65. The molecule has 0 radical (unpaired) electrons. The van der Waals surface area contributed by atoms with Crippen LogP contribution in [0.5, 0.6) is 0 Å². The van der Waals surface area contributed by atoms with Gasteiger partial charge in [-0.2, -0.15) is 0 Å². The Morgan fingerprint density at radius 1 is 0.846 bits per heavy atom. The maximum Gasteiger partial charge on any atom is 0.238 e. The quantitative estimate of drug-likeness (QED) is 0.740. The Bertz CT molecular complexity index is 1010. The summed E-state index contributed by atoms with van der Waals surface area (Å²) in [5.74, 6) is 0. The molecule has 0 saturated heterocycles. The van der Waals surface area contributed by atoms with Gasteiger partial charge < -0.3 is 0 Å². The van der Waals surface area contributed by atoms with E-state index in [0.29, 0.717) is 0 Å². The summed E-state index contributed by atoms with van der Waals surface area (Å²) in [5.41, 5.74) is 6.07. The van der Waals surface area contributed by atoms with Crippen molar-refractivity contribution in [3.8, 4) is 11.1 Å². The monoisotopic (exact) mass is 364 g/mol. The maximum atomic E-state index is 11.4. The smallest absolute Gasteiger partial charge is 0.238 e. The van der Waals surface area contributed by atoms with Crippen LogP contribution in [0.3, 0.4) is 0 Å². The number of sulfonamides is 1. The molecule has 1 aliphatic carbocycles. The molecule has 0 aromatic heterocycles. The van der Waals surface area contributed by atoms with E-state index in [1.54, 1.807) is 12.1 Å². The molecule has 0 bridgehead atoms. The number of nitrogens with two attached hydrogens (primary N) is 1. The lowest BCUT2D eigenvalue weighted by Crippen LogP contribution is -2.24. The number of nitrogens with one attached hydrogen (secondary N) is 1. The fourth-order valence-corrected chi connectivity index (χ4v) is 4.14. The highest BCUT2D eigenvalue weighted by Gasteiger charge is 2.28. The van der Waals surface area contributed by atoms with Crippen LogP contribution < -0.4 is 10.5 Å². The van der Waals surface area contributed by atoms with Crippen LogP contribution in [0, 0.1) is 0 Å². The normalized spacial score (nSPS) is 14.7. The van der Waals surface area contributed by atoms with Gasteiger partial charge in [0.25, 0.3) is 0 Å². The van der Waals surface area contributed by atoms with Gasteiger partial charge in [-0.3, -0.25) is 5.32 Å². The zero-order valence-electron chi connectivity index (χ0n) is 14.4. The van der Waals surface area contributed by atoms with E-state index in [1.165, 1.54) is 22.3 Å². The average Bonchev–Trinajstić information content (AvgIpc) is 2.95. The minimum Gasteiger partial charge on any atom is -0.300 e. The number of fused-ring (bicyclic) bond motifs is 3. The molecule has 4 rings (SSSR count). The van der Waals surface area contributed by atoms with E-state index in [2.05, 4.69) is 60.8 Å². The highest BCUT2D eigenvalue weighted by molar-refractivity contribution is 7.89. The predicted octanol–water partition coefficient (Wildman–Crippen LogP) is 3.75. The lowest BCUT2D eigenvalue weighted by molar-refractivity contribution is 0.522. The first-order valence-corrected chi connectivity index (χ1v) is 10.1. The third-order valence-electron chi connectivity index (χ3n) is 4.96. The zero-order chi connectivity index (χ0) is 18.3. The van der Waals surface area contributed by atoms with Gasteiger partial charge in [0, 0.05) is 6.04 Å². The van der Waals surface area contributed by atoms with Gasteiger partial charge in [0.15, 0.2) is 0 Å². The van der Waals surface area contributed by atoms with Crippen LogP contribution in [0.2, 0.25) is 0 Å². The largest absolute Gasteiger partial charge is 0.300 e. The fourth-order valence-electron chi connectivity index (χ4n) is 3.63. The first kappa shape index (κ1) is 17.0. The van der Waals surface area contributed by atoms with Crippen LogP contribution in [0.15, 0.2) is 77.7 Å². The third-order valence-corrected chi connectivity index (χ3v) is 5.89. The third kappa shape index (κ3) is 2.94. The molecular formula is C21H20N2O2S. The second kappa shape index (κ2) is 6.36. The summed E-state index contributed by atoms with van der Waals surface area (Å²) < 4.78 is 22.9. The molecule has 3 N–H and O–H groups in total. The summed E-state index contributed by atoms with van der Waals surface area (Å²) in [4.78, 5) is 0.130. The molecule has 3 aromatic carbocycles. The van der Waals surface area contributed by atoms with E-state index in [-0.39, 0.29) is 17.0 Å². The molecule has 0 amide bonds. The van der Waals surface area contributed by atoms with Gasteiger partial charge >= 0.3 is 0 Å². The van der Waals surface area contributed by atoms with Crippen LogP contribution in [-0.4, -0.2) is 8.42 Å². The molecule has 4 nitrogen and oxygen atoms in total. The summed E-state index contributed by atoms with van der Waals surface area (Å²) in [6, 6.07) is 23.8. The van der Waals surface area contributed by atoms with Crippen LogP contribution >= 0.6 is 0 Å². The topological polar surface area (TPSA) is 72.2 Å². The Labute approximate surface area is 153 Å². The minimum atomic E-state index is -3.67. The van der Waals surface area contributed by atoms with Crippen molar-refractivity contribution in [1.82, 2.24) is 5.32 Å². The van der Waals surface area contributed by atoms with Gasteiger partial charge in [-0.1, -0.05) is 60.7 Å². The van der Waals surface area contributed by atoms with Crippen molar-refractivity contribution in [3.05, 3.63) is 89.5 Å². The molecule has 1 unspecified atom stereocenters. The maximum absolute atomic E-state index is 11.4. The molecule has 132 valence electrons. The first-order chi connectivity index (χ1) is 12.4. The number of hydrogen-bond acceptors (Lipinski definition) is 3. The molecule has 0 spiro atoms. The molecule has 5 heteroatoms. The van der Waals surface area contributed by atoms with E-state index in [9.17, 15) is 8.42 Å². The van der Waals surface area contributed by atoms with Crippen LogP contribution in [0.4, 0.5) is 0 Å². The highest BCUT2D eigenvalue weighted by atomic mass is 32.2. The Hall–Kier alpha value is -2.47. The van der Waals surface area contributed by atoms with Crippen molar-refractivity contribution in [2.75, 3.05) is 0 Å². The van der Waals surface area contributed by atoms with E-state index in [1.807, 2.05) is 12.1 Å². The Morgan fingerprint density at radius 2 is 1.35 bits per heavy atom. The van der Waals surface area contributed by atoms with E-state index >= 15 is 0 Å². The van der Waals surface area contributed by atoms with E-state index < -0.39 is 10.0 Å². The molecule has 1 atom stereocenters. The van der Waals surface area contributed by atoms with Gasteiger partial charge in [-0.15, -0.1) is 0 Å². The standard InChI is InChI=1S/C21H20N2O2S/c1-14(15-10-12-16(13-11-15)26(22,24)25)23-21-19-8-4-2-6-17(19)18-7-3-5-9-20(18)21/h2-14,21,23H,1H3,(H2,22,24,25). The van der Waals surface area contributed by atoms with Crippen molar-refractivity contribution in [3.63, 3.8) is 0 Å². The Kier molecular flexibility index (Phi) is 4.15. The van der Waals surface area contributed by atoms with Gasteiger partial charge in [0.1, 0.15) is 0 Å². The second-order valence-electron chi connectivity index (χ2n) is 6.61. The summed E-state index contributed by atoms with van der Waals surface area (Å²) in [7, 11) is -3.67. The molecule has 0 saturated carbocycles. The summed E-state index contributed by atoms with van der Waals surface area (Å²) in [6.45, 7) is 2.08. The second-order valence-corrected chi connectivity index (χ2v) is 8.17. The summed E-state index contributed by atoms with van der Waals surface area (Å²) >= 11 is 0. The first-order valence-electron chi connectivity index (χ1n) is 8.52. The number of benzene rings is 3. The van der Waals surface area contributed by atoms with E-state index in [0.717, 1.165) is 5.56 Å². The van der Waals surface area contributed by atoms with Crippen LogP contribution in [0.25, 0.3) is 11.1 Å². The molecule has 3 aromatic rings. The lowest BCUT2D eigenvalue weighted by atomic mass is 10.0. The van der Waals surface area contributed by atoms with Crippen LogP contribution in [-0.2, 0) is 10.0 Å². The van der Waals surface area contributed by atoms with Crippen LogP contribution in [0.1, 0.15) is 35.7 Å². The molecule has 0 fully saturated rings. The zero-order valence-corrected chi connectivity index (χ0v) is 15.2. The molecule has 1 aliphatic rings. The van der Waals surface area contributed by atoms with Gasteiger partial charge in [0.05, 0.1) is 10.9 Å². The molecule has 26 heavy (non-hydrogen) atoms. The van der Waals surface area contributed by atoms with Crippen molar-refractivity contribution >= 4 is 10.0 Å². The highest BCUT2D eigenvalue weighted by Crippen LogP contribution is 2.43.